The zero-order valence-electron chi connectivity index (χ0n) is 12.2. The van der Waals surface area contributed by atoms with Gasteiger partial charge in [-0.2, -0.15) is 0 Å². The molecule has 1 unspecified atom stereocenters. The van der Waals surface area contributed by atoms with E-state index in [1.165, 1.54) is 50.6 Å². The van der Waals surface area contributed by atoms with Gasteiger partial charge in [0.2, 0.25) is 0 Å². The molecule has 1 aliphatic heterocycles. The second-order valence-corrected chi connectivity index (χ2v) is 6.61. The molecule has 1 N–H and O–H groups in total. The fraction of sp³-hybridized carbons (Fsp3) is 0.588. The number of benzene rings is 1. The number of imidazole rings is 1. The van der Waals surface area contributed by atoms with Gasteiger partial charge in [-0.05, 0) is 38.3 Å². The van der Waals surface area contributed by atoms with E-state index in [0.717, 1.165) is 17.4 Å². The number of hydrogen-bond donors (Lipinski definition) is 1. The summed E-state index contributed by atoms with van der Waals surface area (Å²) in [4.78, 5) is 11.1. The third-order valence-corrected chi connectivity index (χ3v) is 5.39. The van der Waals surface area contributed by atoms with Crippen LogP contribution < -0.4 is 0 Å². The monoisotopic (exact) mass is 269 g/mol. The Labute approximate surface area is 120 Å². The van der Waals surface area contributed by atoms with E-state index >= 15 is 0 Å². The van der Waals surface area contributed by atoms with Crippen LogP contribution in [0, 0.1) is 0 Å². The first kappa shape index (κ1) is 12.4. The van der Waals surface area contributed by atoms with Crippen molar-refractivity contribution in [2.75, 3.05) is 6.54 Å². The van der Waals surface area contributed by atoms with Crippen molar-refractivity contribution >= 4 is 11.0 Å². The van der Waals surface area contributed by atoms with Crippen molar-refractivity contribution in [2.45, 2.75) is 57.0 Å². The van der Waals surface area contributed by atoms with E-state index in [1.54, 1.807) is 0 Å². The molecule has 2 aliphatic rings. The highest BCUT2D eigenvalue weighted by Gasteiger charge is 2.47. The topological polar surface area (TPSA) is 31.9 Å². The highest BCUT2D eigenvalue weighted by molar-refractivity contribution is 5.75. The molecule has 0 spiro atoms. The third-order valence-electron chi connectivity index (χ3n) is 5.39. The summed E-state index contributed by atoms with van der Waals surface area (Å²) in [7, 11) is 0. The predicted molar refractivity (Wildman–Crippen MR) is 81.6 cm³/mol. The van der Waals surface area contributed by atoms with Crippen molar-refractivity contribution in [1.82, 2.24) is 14.9 Å². The van der Waals surface area contributed by atoms with E-state index in [4.69, 9.17) is 4.98 Å². The Morgan fingerprint density at radius 2 is 2.00 bits per heavy atom. The predicted octanol–water partition coefficient (Wildman–Crippen LogP) is 3.82. The van der Waals surface area contributed by atoms with Gasteiger partial charge in [0.1, 0.15) is 5.82 Å². The molecule has 4 rings (SSSR count). The van der Waals surface area contributed by atoms with Crippen molar-refractivity contribution in [3.63, 3.8) is 0 Å². The van der Waals surface area contributed by atoms with Crippen LogP contribution in [0.5, 0.6) is 0 Å². The molecule has 1 atom stereocenters. The highest BCUT2D eigenvalue weighted by atomic mass is 15.3. The molecule has 3 nitrogen and oxygen atoms in total. The Kier molecular flexibility index (Phi) is 2.84. The number of likely N-dealkylation sites (tertiary alicyclic amines) is 1. The van der Waals surface area contributed by atoms with Crippen LogP contribution in [0.1, 0.15) is 51.3 Å². The zero-order chi connectivity index (χ0) is 13.6. The van der Waals surface area contributed by atoms with Crippen LogP contribution in [-0.4, -0.2) is 27.5 Å². The number of aromatic amines is 1. The smallest absolute Gasteiger partial charge is 0.127 e. The van der Waals surface area contributed by atoms with Crippen LogP contribution in [0.25, 0.3) is 11.0 Å². The summed E-state index contributed by atoms with van der Waals surface area (Å²) in [5.41, 5.74) is 2.39. The Hall–Kier alpha value is -1.35. The first-order valence-electron chi connectivity index (χ1n) is 7.99. The standard InChI is InChI=1S/C17H23N3/c1-17(11-12-20(17)13-7-3-2-4-8-13)16-18-14-9-5-6-10-15(14)19-16/h5-6,9-10,13H,2-4,7-8,11-12H2,1H3,(H,18,19). The van der Waals surface area contributed by atoms with Crippen LogP contribution in [0.3, 0.4) is 0 Å². The zero-order valence-corrected chi connectivity index (χ0v) is 12.2. The van der Waals surface area contributed by atoms with E-state index in [1.807, 2.05) is 0 Å². The van der Waals surface area contributed by atoms with Gasteiger partial charge in [0.05, 0.1) is 16.6 Å². The van der Waals surface area contributed by atoms with Gasteiger partial charge in [0.25, 0.3) is 0 Å². The fourth-order valence-corrected chi connectivity index (χ4v) is 4.02. The number of aromatic nitrogens is 2. The van der Waals surface area contributed by atoms with Crippen LogP contribution in [-0.2, 0) is 5.54 Å². The minimum absolute atomic E-state index is 0.126. The number of para-hydroxylation sites is 2. The number of H-pyrrole nitrogens is 1. The molecule has 1 aromatic carbocycles. The van der Waals surface area contributed by atoms with E-state index in [9.17, 15) is 0 Å². The van der Waals surface area contributed by atoms with E-state index in [-0.39, 0.29) is 5.54 Å². The van der Waals surface area contributed by atoms with Crippen LogP contribution >= 0.6 is 0 Å². The van der Waals surface area contributed by atoms with Gasteiger partial charge >= 0.3 is 0 Å². The van der Waals surface area contributed by atoms with Crippen molar-refractivity contribution < 1.29 is 0 Å². The first-order chi connectivity index (χ1) is 9.77. The summed E-state index contributed by atoms with van der Waals surface area (Å²) in [5, 5.41) is 0. The van der Waals surface area contributed by atoms with Crippen molar-refractivity contribution in [3.8, 4) is 0 Å². The van der Waals surface area contributed by atoms with Crippen molar-refractivity contribution in [2.24, 2.45) is 0 Å². The summed E-state index contributed by atoms with van der Waals surface area (Å²) in [5.74, 6) is 1.16. The minimum atomic E-state index is 0.126. The fourth-order valence-electron chi connectivity index (χ4n) is 4.02. The maximum Gasteiger partial charge on any atom is 0.127 e. The van der Waals surface area contributed by atoms with Crippen LogP contribution in [0.15, 0.2) is 24.3 Å². The lowest BCUT2D eigenvalue weighted by molar-refractivity contribution is -0.0583. The molecule has 20 heavy (non-hydrogen) atoms. The minimum Gasteiger partial charge on any atom is -0.340 e. The molecule has 1 aromatic heterocycles. The second kappa shape index (κ2) is 4.59. The molecular weight excluding hydrogens is 246 g/mol. The lowest BCUT2D eigenvalue weighted by Gasteiger charge is -2.54. The van der Waals surface area contributed by atoms with Gasteiger partial charge in [0, 0.05) is 12.6 Å². The molecule has 1 saturated carbocycles. The summed E-state index contributed by atoms with van der Waals surface area (Å²) < 4.78 is 0. The molecule has 1 aliphatic carbocycles. The highest BCUT2D eigenvalue weighted by Crippen LogP contribution is 2.43. The second-order valence-electron chi connectivity index (χ2n) is 6.61. The summed E-state index contributed by atoms with van der Waals surface area (Å²) in [6.07, 6.45) is 8.19. The number of nitrogens with one attached hydrogen (secondary N) is 1. The molecule has 1 saturated heterocycles. The van der Waals surface area contributed by atoms with Crippen LogP contribution in [0.4, 0.5) is 0 Å². The van der Waals surface area contributed by atoms with E-state index < -0.39 is 0 Å². The number of rotatable bonds is 2. The number of hydrogen-bond acceptors (Lipinski definition) is 2. The lowest BCUT2D eigenvalue weighted by atomic mass is 9.80. The van der Waals surface area contributed by atoms with Crippen LogP contribution in [0.2, 0.25) is 0 Å². The average Bonchev–Trinajstić information content (AvgIpc) is 2.90. The molecule has 0 amide bonds. The van der Waals surface area contributed by atoms with Gasteiger partial charge in [-0.1, -0.05) is 31.4 Å². The Balaban J connectivity index is 1.65. The Bertz CT molecular complexity index is 578. The third kappa shape index (κ3) is 1.80. The quantitative estimate of drug-likeness (QED) is 0.899. The molecule has 0 radical (unpaired) electrons. The van der Waals surface area contributed by atoms with E-state index in [2.05, 4.69) is 41.1 Å². The number of nitrogens with zero attached hydrogens (tertiary/aromatic N) is 2. The van der Waals surface area contributed by atoms with Gasteiger partial charge in [0.15, 0.2) is 0 Å². The molecule has 106 valence electrons. The molecular formula is C17H23N3. The van der Waals surface area contributed by atoms with Gasteiger partial charge < -0.3 is 4.98 Å². The molecule has 0 bridgehead atoms. The SMILES string of the molecule is CC1(c2nc3ccccc3[nH]2)CCN1C1CCCCC1. The number of fused-ring (bicyclic) bond motifs is 1. The molecule has 2 aromatic rings. The van der Waals surface area contributed by atoms with Gasteiger partial charge in [-0.3, -0.25) is 4.90 Å². The van der Waals surface area contributed by atoms with Gasteiger partial charge in [-0.25, -0.2) is 4.98 Å². The summed E-state index contributed by atoms with van der Waals surface area (Å²) in [6.45, 7) is 3.60. The van der Waals surface area contributed by atoms with Crippen molar-refractivity contribution in [1.29, 1.82) is 0 Å². The maximum absolute atomic E-state index is 4.85. The molecule has 3 heteroatoms. The molecule has 2 heterocycles. The first-order valence-corrected chi connectivity index (χ1v) is 7.99. The van der Waals surface area contributed by atoms with Crippen molar-refractivity contribution in [3.05, 3.63) is 30.1 Å². The Morgan fingerprint density at radius 1 is 1.20 bits per heavy atom. The Morgan fingerprint density at radius 3 is 2.70 bits per heavy atom. The van der Waals surface area contributed by atoms with E-state index in [0.29, 0.717) is 0 Å². The average molecular weight is 269 g/mol. The summed E-state index contributed by atoms with van der Waals surface area (Å²) in [6, 6.07) is 9.14. The normalized spacial score (nSPS) is 28.6. The van der Waals surface area contributed by atoms with Gasteiger partial charge in [-0.15, -0.1) is 0 Å². The molecule has 2 fully saturated rings. The maximum atomic E-state index is 4.85. The summed E-state index contributed by atoms with van der Waals surface area (Å²) >= 11 is 0. The lowest BCUT2D eigenvalue weighted by Crippen LogP contribution is -2.60. The largest absolute Gasteiger partial charge is 0.340 e.